The third-order valence-corrected chi connectivity index (χ3v) is 4.94. The minimum absolute atomic E-state index is 0.255. The van der Waals surface area contributed by atoms with Gasteiger partial charge >= 0.3 is 6.03 Å². The maximum atomic E-state index is 12.8. The number of aromatic nitrogens is 2. The molecule has 3 aromatic rings. The first-order chi connectivity index (χ1) is 14.5. The molecule has 0 unspecified atom stereocenters. The number of hydrogen-bond acceptors (Lipinski definition) is 4. The van der Waals surface area contributed by atoms with Crippen molar-refractivity contribution >= 4 is 11.7 Å². The van der Waals surface area contributed by atoms with Crippen molar-refractivity contribution < 1.29 is 14.3 Å². The number of para-hydroxylation sites is 1. The Hall–Kier alpha value is -3.68. The molecule has 3 rings (SSSR count). The van der Waals surface area contributed by atoms with Crippen LogP contribution in [0.25, 0.3) is 5.69 Å². The second-order valence-corrected chi connectivity index (χ2v) is 6.76. The molecule has 2 aromatic carbocycles. The molecule has 0 aliphatic heterocycles. The fourth-order valence-corrected chi connectivity index (χ4v) is 3.23. The van der Waals surface area contributed by atoms with Gasteiger partial charge in [-0.2, -0.15) is 0 Å². The summed E-state index contributed by atoms with van der Waals surface area (Å²) in [6.45, 7) is 2.19. The lowest BCUT2D eigenvalue weighted by Crippen LogP contribution is -2.32. The van der Waals surface area contributed by atoms with E-state index in [1.54, 1.807) is 32.9 Å². The van der Waals surface area contributed by atoms with Crippen molar-refractivity contribution in [3.63, 3.8) is 0 Å². The van der Waals surface area contributed by atoms with Gasteiger partial charge in [0.1, 0.15) is 5.69 Å². The van der Waals surface area contributed by atoms with Gasteiger partial charge in [-0.15, -0.1) is 0 Å². The molecule has 2 amide bonds. The van der Waals surface area contributed by atoms with Crippen molar-refractivity contribution in [2.45, 2.75) is 13.3 Å². The third-order valence-electron chi connectivity index (χ3n) is 4.94. The highest BCUT2D eigenvalue weighted by Crippen LogP contribution is 2.27. The van der Waals surface area contributed by atoms with Crippen molar-refractivity contribution in [3.8, 4) is 17.2 Å². The lowest BCUT2D eigenvalue weighted by molar-refractivity contribution is 0.252. The summed E-state index contributed by atoms with van der Waals surface area (Å²) in [6, 6.07) is 14.5. The maximum Gasteiger partial charge on any atom is 0.319 e. The first-order valence-electron chi connectivity index (χ1n) is 9.56. The highest BCUT2D eigenvalue weighted by atomic mass is 16.5. The molecule has 1 heterocycles. The first kappa shape index (κ1) is 21.0. The van der Waals surface area contributed by atoms with Crippen LogP contribution in [0.4, 0.5) is 10.5 Å². The number of nitrogens with zero attached hydrogens (tertiary/aromatic N) is 2. The lowest BCUT2D eigenvalue weighted by Gasteiger charge is -2.10. The van der Waals surface area contributed by atoms with Crippen LogP contribution in [0.3, 0.4) is 0 Å². The van der Waals surface area contributed by atoms with Gasteiger partial charge in [0.25, 0.3) is 5.56 Å². The monoisotopic (exact) mass is 410 g/mol. The number of methoxy groups -OCH3 is 2. The number of hydrogen-bond donors (Lipinski definition) is 2. The molecule has 1 aromatic heterocycles. The highest BCUT2D eigenvalue weighted by Gasteiger charge is 2.17. The van der Waals surface area contributed by atoms with Crippen LogP contribution in [0.1, 0.15) is 11.3 Å². The predicted octanol–water partition coefficient (Wildman–Crippen LogP) is 2.87. The van der Waals surface area contributed by atoms with Gasteiger partial charge in [-0.1, -0.05) is 24.3 Å². The molecule has 0 saturated carbocycles. The van der Waals surface area contributed by atoms with Gasteiger partial charge in [0.05, 0.1) is 25.6 Å². The van der Waals surface area contributed by atoms with Gasteiger partial charge < -0.3 is 20.1 Å². The summed E-state index contributed by atoms with van der Waals surface area (Å²) >= 11 is 0. The fourth-order valence-electron chi connectivity index (χ4n) is 3.23. The van der Waals surface area contributed by atoms with Crippen LogP contribution >= 0.6 is 0 Å². The van der Waals surface area contributed by atoms with E-state index in [1.807, 2.05) is 48.5 Å². The van der Waals surface area contributed by atoms with E-state index in [-0.39, 0.29) is 11.2 Å². The summed E-state index contributed by atoms with van der Waals surface area (Å²) in [5.41, 5.74) is 2.37. The standard InChI is InChI=1S/C22H26N4O4/c1-15-20(21(27)26(25(15)2)17-8-6-5-7-9-17)24-22(28)23-13-12-16-10-11-18(29-3)19(14-16)30-4/h5-11,14H,12-13H2,1-4H3,(H2,23,24,28). The van der Waals surface area contributed by atoms with Crippen molar-refractivity contribution in [1.82, 2.24) is 14.7 Å². The Morgan fingerprint density at radius 3 is 2.40 bits per heavy atom. The Kier molecular flexibility index (Phi) is 6.46. The number of urea groups is 1. The van der Waals surface area contributed by atoms with Crippen LogP contribution in [0.2, 0.25) is 0 Å². The Morgan fingerprint density at radius 2 is 1.73 bits per heavy atom. The van der Waals surface area contributed by atoms with Crippen LogP contribution in [0.15, 0.2) is 53.3 Å². The Balaban J connectivity index is 1.65. The lowest BCUT2D eigenvalue weighted by atomic mass is 10.1. The van der Waals surface area contributed by atoms with Crippen LogP contribution in [-0.2, 0) is 13.5 Å². The summed E-state index contributed by atoms with van der Waals surface area (Å²) in [6.07, 6.45) is 0.607. The smallest absolute Gasteiger partial charge is 0.319 e. The first-order valence-corrected chi connectivity index (χ1v) is 9.56. The van der Waals surface area contributed by atoms with E-state index in [1.165, 1.54) is 4.68 Å². The molecule has 8 nitrogen and oxygen atoms in total. The summed E-state index contributed by atoms with van der Waals surface area (Å²) < 4.78 is 13.8. The normalized spacial score (nSPS) is 10.5. The van der Waals surface area contributed by atoms with Crippen LogP contribution in [0.5, 0.6) is 11.5 Å². The van der Waals surface area contributed by atoms with Crippen molar-refractivity contribution in [2.24, 2.45) is 7.05 Å². The van der Waals surface area contributed by atoms with Gasteiger partial charge in [-0.25, -0.2) is 9.48 Å². The predicted molar refractivity (Wildman–Crippen MR) is 116 cm³/mol. The van der Waals surface area contributed by atoms with E-state index in [0.29, 0.717) is 30.2 Å². The van der Waals surface area contributed by atoms with Crippen LogP contribution < -0.4 is 25.7 Å². The number of amides is 2. The second kappa shape index (κ2) is 9.21. The molecule has 8 heteroatoms. The van der Waals surface area contributed by atoms with Crippen molar-refractivity contribution in [2.75, 3.05) is 26.1 Å². The molecule has 0 fully saturated rings. The molecular formula is C22H26N4O4. The zero-order valence-corrected chi connectivity index (χ0v) is 17.6. The second-order valence-electron chi connectivity index (χ2n) is 6.76. The van der Waals surface area contributed by atoms with E-state index >= 15 is 0 Å². The van der Waals surface area contributed by atoms with Crippen molar-refractivity contribution in [1.29, 1.82) is 0 Å². The van der Waals surface area contributed by atoms with Gasteiger partial charge in [0.15, 0.2) is 11.5 Å². The van der Waals surface area contributed by atoms with Gasteiger partial charge in [0, 0.05) is 13.6 Å². The zero-order valence-electron chi connectivity index (χ0n) is 17.6. The number of anilines is 1. The fraction of sp³-hybridized carbons (Fsp3) is 0.273. The number of carbonyl (C=O) groups excluding carboxylic acids is 1. The summed E-state index contributed by atoms with van der Waals surface area (Å²) in [5.74, 6) is 1.29. The van der Waals surface area contributed by atoms with E-state index in [9.17, 15) is 9.59 Å². The van der Waals surface area contributed by atoms with Gasteiger partial charge in [-0.05, 0) is 43.2 Å². The molecule has 0 atom stereocenters. The molecule has 0 bridgehead atoms. The molecule has 158 valence electrons. The highest BCUT2D eigenvalue weighted by molar-refractivity contribution is 5.89. The molecule has 0 aliphatic carbocycles. The van der Waals surface area contributed by atoms with E-state index in [2.05, 4.69) is 10.6 Å². The number of ether oxygens (including phenoxy) is 2. The van der Waals surface area contributed by atoms with Crippen LogP contribution in [0, 0.1) is 6.92 Å². The number of carbonyl (C=O) groups is 1. The molecule has 0 radical (unpaired) electrons. The average Bonchev–Trinajstić information content (AvgIpc) is 2.97. The summed E-state index contributed by atoms with van der Waals surface area (Å²) in [7, 11) is 4.95. The zero-order chi connectivity index (χ0) is 21.7. The minimum Gasteiger partial charge on any atom is -0.493 e. The maximum absolute atomic E-state index is 12.8. The number of benzene rings is 2. The quantitative estimate of drug-likeness (QED) is 0.627. The van der Waals surface area contributed by atoms with Gasteiger partial charge in [0.2, 0.25) is 0 Å². The largest absolute Gasteiger partial charge is 0.493 e. The molecular weight excluding hydrogens is 384 g/mol. The molecule has 0 saturated heterocycles. The molecule has 0 spiro atoms. The number of rotatable bonds is 7. The van der Waals surface area contributed by atoms with Crippen LogP contribution in [-0.4, -0.2) is 36.2 Å². The molecule has 0 aliphatic rings. The molecule has 2 N–H and O–H groups in total. The third kappa shape index (κ3) is 4.32. The van der Waals surface area contributed by atoms with E-state index in [4.69, 9.17) is 9.47 Å². The summed E-state index contributed by atoms with van der Waals surface area (Å²) in [4.78, 5) is 25.2. The summed E-state index contributed by atoms with van der Waals surface area (Å²) in [5, 5.41) is 5.48. The Labute approximate surface area is 175 Å². The van der Waals surface area contributed by atoms with E-state index in [0.717, 1.165) is 11.3 Å². The molecule has 30 heavy (non-hydrogen) atoms. The SMILES string of the molecule is COc1ccc(CCNC(=O)Nc2c(C)n(C)n(-c3ccccc3)c2=O)cc1OC. The Bertz CT molecular complexity index is 1090. The average molecular weight is 410 g/mol. The Morgan fingerprint density at radius 1 is 1.03 bits per heavy atom. The van der Waals surface area contributed by atoms with Gasteiger partial charge in [-0.3, -0.25) is 9.48 Å². The van der Waals surface area contributed by atoms with E-state index < -0.39 is 6.03 Å². The van der Waals surface area contributed by atoms with Crippen molar-refractivity contribution in [3.05, 3.63) is 70.1 Å². The number of nitrogens with one attached hydrogen (secondary N) is 2. The topological polar surface area (TPSA) is 86.5 Å². The minimum atomic E-state index is -0.429.